The van der Waals surface area contributed by atoms with Crippen LogP contribution in [0.5, 0.6) is 0 Å². The van der Waals surface area contributed by atoms with E-state index in [1.807, 2.05) is 6.07 Å². The molecule has 5 fully saturated rings. The van der Waals surface area contributed by atoms with Crippen LogP contribution in [-0.4, -0.2) is 42.3 Å². The molecule has 0 amide bonds. The maximum atomic E-state index is 14.2. The zero-order chi connectivity index (χ0) is 23.6. The van der Waals surface area contributed by atoms with Crippen LogP contribution in [0, 0.1) is 34.9 Å². The molecule has 6 aliphatic rings. The van der Waals surface area contributed by atoms with Gasteiger partial charge in [0.15, 0.2) is 0 Å². The van der Waals surface area contributed by atoms with E-state index in [-0.39, 0.29) is 17.3 Å². The molecule has 2 aromatic carbocycles. The highest BCUT2D eigenvalue weighted by Gasteiger charge is 2.54. The smallest absolute Gasteiger partial charge is 0.125 e. The number of halogens is 1. The number of fused-ring (bicyclic) bond motifs is 3. The minimum atomic E-state index is -0.165. The minimum absolute atomic E-state index is 0.156. The second-order valence-electron chi connectivity index (χ2n) is 12.3. The van der Waals surface area contributed by atoms with Crippen molar-refractivity contribution in [3.8, 4) is 11.1 Å². The third-order valence-electron chi connectivity index (χ3n) is 9.97. The second-order valence-corrected chi connectivity index (χ2v) is 13.4. The highest BCUT2D eigenvalue weighted by molar-refractivity contribution is 8.01. The van der Waals surface area contributed by atoms with Crippen LogP contribution in [0.25, 0.3) is 11.1 Å². The number of rotatable bonds is 5. The maximum Gasteiger partial charge on any atom is 0.125 e. The molecule has 35 heavy (non-hydrogen) atoms. The molecule has 2 heterocycles. The molecule has 4 bridgehead atoms. The van der Waals surface area contributed by atoms with Crippen LogP contribution in [0.1, 0.15) is 51.4 Å². The fourth-order valence-electron chi connectivity index (χ4n) is 8.62. The Morgan fingerprint density at radius 3 is 2.34 bits per heavy atom. The lowest BCUT2D eigenvalue weighted by Crippen LogP contribution is -2.55. The Morgan fingerprint density at radius 1 is 0.943 bits per heavy atom. The lowest BCUT2D eigenvalue weighted by Gasteiger charge is -2.59. The van der Waals surface area contributed by atoms with E-state index >= 15 is 0 Å². The number of β-amino-alcohol motifs (C(OH)–C–C–N with tert-alkyl or cyclic N) is 1. The van der Waals surface area contributed by atoms with Crippen molar-refractivity contribution in [2.45, 2.75) is 62.4 Å². The van der Waals surface area contributed by atoms with Crippen LogP contribution in [0.4, 0.5) is 10.1 Å². The van der Waals surface area contributed by atoms with E-state index in [1.54, 1.807) is 24.1 Å². The van der Waals surface area contributed by atoms with Crippen LogP contribution in [0.3, 0.4) is 0 Å². The normalized spacial score (nSPS) is 33.0. The molecular formula is C30H37FN2OS. The number of benzene rings is 2. The predicted molar refractivity (Wildman–Crippen MR) is 141 cm³/mol. The van der Waals surface area contributed by atoms with E-state index in [9.17, 15) is 9.50 Å². The number of piperidine rings is 1. The number of aliphatic hydroxyl groups is 1. The molecule has 4 aliphatic carbocycles. The Kier molecular flexibility index (Phi) is 5.67. The average molecular weight is 493 g/mol. The maximum absolute atomic E-state index is 14.2. The molecule has 5 heteroatoms. The molecule has 1 saturated heterocycles. The van der Waals surface area contributed by atoms with Gasteiger partial charge in [0, 0.05) is 23.5 Å². The van der Waals surface area contributed by atoms with E-state index in [0.29, 0.717) is 5.92 Å². The number of likely N-dealkylation sites (tertiary alicyclic amines) is 1. The van der Waals surface area contributed by atoms with E-state index in [1.165, 1.54) is 49.0 Å². The molecule has 0 aromatic heterocycles. The van der Waals surface area contributed by atoms with Crippen molar-refractivity contribution in [1.29, 1.82) is 0 Å². The van der Waals surface area contributed by atoms with Gasteiger partial charge in [-0.3, -0.25) is 0 Å². The summed E-state index contributed by atoms with van der Waals surface area (Å²) in [5.74, 6) is 3.10. The van der Waals surface area contributed by atoms with Gasteiger partial charge in [0.25, 0.3) is 0 Å². The molecule has 0 radical (unpaired) electrons. The molecular weight excluding hydrogens is 455 g/mol. The fraction of sp³-hybridized carbons (Fsp3) is 0.600. The van der Waals surface area contributed by atoms with E-state index in [0.717, 1.165) is 68.0 Å². The van der Waals surface area contributed by atoms with Crippen molar-refractivity contribution in [2.24, 2.45) is 29.1 Å². The molecule has 2 aromatic rings. The molecule has 1 atom stereocenters. The van der Waals surface area contributed by atoms with Gasteiger partial charge in [-0.25, -0.2) is 4.39 Å². The van der Waals surface area contributed by atoms with Crippen molar-refractivity contribution in [3.05, 3.63) is 48.3 Å². The lowest BCUT2D eigenvalue weighted by atomic mass is 9.48. The second kappa shape index (κ2) is 8.78. The Labute approximate surface area is 213 Å². The summed E-state index contributed by atoms with van der Waals surface area (Å²) < 4.78 is 16.5. The topological polar surface area (TPSA) is 26.7 Å². The van der Waals surface area contributed by atoms with Crippen LogP contribution in [-0.2, 0) is 0 Å². The van der Waals surface area contributed by atoms with E-state index < -0.39 is 0 Å². The summed E-state index contributed by atoms with van der Waals surface area (Å²) in [6.07, 6.45) is 10.3. The summed E-state index contributed by atoms with van der Waals surface area (Å²) in [6.45, 7) is 3.94. The Hall–Kier alpha value is -1.56. The van der Waals surface area contributed by atoms with Crippen molar-refractivity contribution >= 4 is 17.6 Å². The third kappa shape index (κ3) is 4.12. The highest BCUT2D eigenvalue weighted by atomic mass is 32.2. The molecule has 0 unspecified atom stereocenters. The van der Waals surface area contributed by atoms with Gasteiger partial charge >= 0.3 is 0 Å². The zero-order valence-electron chi connectivity index (χ0n) is 20.5. The number of hydrogen-bond acceptors (Lipinski definition) is 4. The Balaban J connectivity index is 0.990. The molecule has 3 nitrogen and oxygen atoms in total. The highest BCUT2D eigenvalue weighted by Crippen LogP contribution is 2.61. The van der Waals surface area contributed by atoms with Gasteiger partial charge in [-0.2, -0.15) is 0 Å². The van der Waals surface area contributed by atoms with Crippen molar-refractivity contribution in [3.63, 3.8) is 0 Å². The van der Waals surface area contributed by atoms with Gasteiger partial charge in [-0.1, -0.05) is 18.2 Å². The Morgan fingerprint density at radius 2 is 1.63 bits per heavy atom. The molecule has 0 spiro atoms. The Bertz CT molecular complexity index is 1060. The molecule has 1 N–H and O–H groups in total. The summed E-state index contributed by atoms with van der Waals surface area (Å²) in [6, 6.07) is 13.7. The molecule has 8 rings (SSSR count). The average Bonchev–Trinajstić information content (AvgIpc) is 2.84. The summed E-state index contributed by atoms with van der Waals surface area (Å²) in [4.78, 5) is 3.79. The standard InChI is InChI=1S/C30H37FN2OS/c31-24-5-6-25-26-3-1-2-4-28(26)35-33(27(25)14-24)18-20-7-9-32(10-8-20)19-29(34)30-15-21-11-22(16-30)13-23(12-21)17-30/h1-6,14,20-23,29,34H,7-13,15-19H2/t21?,22?,23?,29-,30?/m1/s1. The zero-order valence-corrected chi connectivity index (χ0v) is 21.4. The lowest BCUT2D eigenvalue weighted by molar-refractivity contribution is -0.127. The summed E-state index contributed by atoms with van der Waals surface area (Å²) in [5, 5.41) is 11.4. The number of anilines is 1. The van der Waals surface area contributed by atoms with Gasteiger partial charge in [0.1, 0.15) is 5.82 Å². The van der Waals surface area contributed by atoms with Gasteiger partial charge in [-0.15, -0.1) is 0 Å². The molecule has 4 saturated carbocycles. The first kappa shape index (κ1) is 22.6. The first-order valence-electron chi connectivity index (χ1n) is 13.8. The van der Waals surface area contributed by atoms with Crippen molar-refractivity contribution in [2.75, 3.05) is 30.5 Å². The van der Waals surface area contributed by atoms with Crippen LogP contribution < -0.4 is 4.31 Å². The third-order valence-corrected chi connectivity index (χ3v) is 11.1. The largest absolute Gasteiger partial charge is 0.391 e. The van der Waals surface area contributed by atoms with Crippen molar-refractivity contribution < 1.29 is 9.50 Å². The number of nitrogens with zero attached hydrogens (tertiary/aromatic N) is 2. The first-order valence-corrected chi connectivity index (χ1v) is 14.6. The SMILES string of the molecule is O[C@H](CN1CCC(CN2Sc3ccccc3-c3ccc(F)cc32)CC1)C12CC3CC(CC(C3)C1)C2. The minimum Gasteiger partial charge on any atom is -0.391 e. The monoisotopic (exact) mass is 492 g/mol. The van der Waals surface area contributed by atoms with Crippen LogP contribution in [0.15, 0.2) is 47.4 Å². The van der Waals surface area contributed by atoms with Gasteiger partial charge < -0.3 is 14.3 Å². The summed E-state index contributed by atoms with van der Waals surface area (Å²) >= 11 is 1.76. The molecule has 2 aliphatic heterocycles. The van der Waals surface area contributed by atoms with Gasteiger partial charge in [-0.05, 0) is 135 Å². The summed E-state index contributed by atoms with van der Waals surface area (Å²) in [7, 11) is 0. The van der Waals surface area contributed by atoms with E-state index in [2.05, 4.69) is 33.5 Å². The van der Waals surface area contributed by atoms with Gasteiger partial charge in [0.2, 0.25) is 0 Å². The predicted octanol–water partition coefficient (Wildman–Crippen LogP) is 6.61. The number of hydrogen-bond donors (Lipinski definition) is 1. The molecule has 186 valence electrons. The fourth-order valence-corrected chi connectivity index (χ4v) is 9.81. The van der Waals surface area contributed by atoms with Crippen molar-refractivity contribution in [1.82, 2.24) is 4.90 Å². The van der Waals surface area contributed by atoms with Gasteiger partial charge in [0.05, 0.1) is 11.8 Å². The van der Waals surface area contributed by atoms with Crippen LogP contribution >= 0.6 is 11.9 Å². The van der Waals surface area contributed by atoms with E-state index in [4.69, 9.17) is 0 Å². The summed E-state index contributed by atoms with van der Waals surface area (Å²) in [5.41, 5.74) is 3.57. The quantitative estimate of drug-likeness (QED) is 0.475. The number of aliphatic hydroxyl groups excluding tert-OH is 1. The first-order chi connectivity index (χ1) is 17.0. The van der Waals surface area contributed by atoms with Crippen LogP contribution in [0.2, 0.25) is 0 Å².